The Morgan fingerprint density at radius 2 is 2.13 bits per heavy atom. The third-order valence-electron chi connectivity index (χ3n) is 3.08. The van der Waals surface area contributed by atoms with E-state index in [1.54, 1.807) is 12.1 Å². The van der Waals surface area contributed by atoms with Crippen molar-refractivity contribution in [2.24, 2.45) is 0 Å². The zero-order chi connectivity index (χ0) is 16.7. The number of halogens is 1. The highest BCUT2D eigenvalue weighted by Gasteiger charge is 2.15. The van der Waals surface area contributed by atoms with Crippen molar-refractivity contribution in [3.63, 3.8) is 0 Å². The Morgan fingerprint density at radius 1 is 1.39 bits per heavy atom. The van der Waals surface area contributed by atoms with Gasteiger partial charge in [0.2, 0.25) is 0 Å². The minimum Gasteiger partial charge on any atom is -0.372 e. The number of aromatic nitrogens is 3. The second-order valence-electron chi connectivity index (χ2n) is 4.83. The van der Waals surface area contributed by atoms with Crippen LogP contribution < -0.4 is 4.84 Å². The molecular weight excluding hydrogens is 324 g/mol. The Balaban J connectivity index is 2.08. The molecule has 0 amide bonds. The van der Waals surface area contributed by atoms with Gasteiger partial charge in [-0.1, -0.05) is 37.1 Å². The summed E-state index contributed by atoms with van der Waals surface area (Å²) in [6.45, 7) is 3.05. The first kappa shape index (κ1) is 17.2. The first-order valence-electron chi connectivity index (χ1n) is 7.17. The maximum absolute atomic E-state index is 10.3. The van der Waals surface area contributed by atoms with Crippen molar-refractivity contribution in [2.75, 3.05) is 6.61 Å². The second-order valence-corrected chi connectivity index (χ2v) is 5.27. The van der Waals surface area contributed by atoms with Gasteiger partial charge >= 0.3 is 11.1 Å². The summed E-state index contributed by atoms with van der Waals surface area (Å²) in [6.07, 6.45) is 3.07. The quantitative estimate of drug-likeness (QED) is 0.395. The van der Waals surface area contributed by atoms with Crippen LogP contribution in [-0.2, 0) is 11.3 Å². The van der Waals surface area contributed by atoms with E-state index in [9.17, 15) is 10.1 Å². The topological polar surface area (TPSA) is 92.3 Å². The zero-order valence-electron chi connectivity index (χ0n) is 12.6. The molecular formula is C14H17ClN4O4. The molecule has 1 atom stereocenters. The number of hydrogen-bond acceptors (Lipinski definition) is 6. The molecule has 23 heavy (non-hydrogen) atoms. The molecule has 1 heterocycles. The fraction of sp³-hybridized carbons (Fsp3) is 0.429. The standard InChI is InChI=1S/C14H17ClN4O4/c1-2-3-8-22-13(11-4-6-12(15)7-5-11)9-18-10-16-14(17-18)23-19(20)21/h4-7,10,13H,2-3,8-9H2,1H3. The molecule has 0 fully saturated rings. The van der Waals surface area contributed by atoms with E-state index < -0.39 is 5.09 Å². The molecule has 8 nitrogen and oxygen atoms in total. The fourth-order valence-corrected chi connectivity index (χ4v) is 2.07. The van der Waals surface area contributed by atoms with Gasteiger partial charge in [-0.05, 0) is 24.1 Å². The van der Waals surface area contributed by atoms with Crippen molar-refractivity contribution in [2.45, 2.75) is 32.4 Å². The van der Waals surface area contributed by atoms with Gasteiger partial charge in [0.25, 0.3) is 0 Å². The second kappa shape index (κ2) is 8.44. The maximum atomic E-state index is 10.3. The molecule has 2 aromatic rings. The van der Waals surface area contributed by atoms with Crippen molar-refractivity contribution in [3.05, 3.63) is 51.3 Å². The number of nitrogens with zero attached hydrogens (tertiary/aromatic N) is 4. The molecule has 0 saturated heterocycles. The number of rotatable bonds is 9. The SMILES string of the molecule is CCCCOC(Cn1cnc(O[N+](=O)[O-])n1)c1ccc(Cl)cc1. The van der Waals surface area contributed by atoms with E-state index in [-0.39, 0.29) is 12.1 Å². The Kier molecular flexibility index (Phi) is 6.30. The normalized spacial score (nSPS) is 12.1. The van der Waals surface area contributed by atoms with E-state index >= 15 is 0 Å². The van der Waals surface area contributed by atoms with Crippen molar-refractivity contribution < 1.29 is 14.7 Å². The van der Waals surface area contributed by atoms with Crippen LogP contribution in [-0.4, -0.2) is 26.5 Å². The van der Waals surface area contributed by atoms with Gasteiger partial charge in [0, 0.05) is 11.6 Å². The van der Waals surface area contributed by atoms with E-state index in [1.807, 2.05) is 12.1 Å². The van der Waals surface area contributed by atoms with Crippen LogP contribution in [0.2, 0.25) is 5.02 Å². The molecule has 1 aromatic heterocycles. The van der Waals surface area contributed by atoms with Crippen LogP contribution >= 0.6 is 11.6 Å². The minimum atomic E-state index is -0.950. The molecule has 2 rings (SSSR count). The summed E-state index contributed by atoms with van der Waals surface area (Å²) in [7, 11) is 0. The maximum Gasteiger partial charge on any atom is 0.327 e. The smallest absolute Gasteiger partial charge is 0.327 e. The Bertz CT molecular complexity index is 632. The summed E-state index contributed by atoms with van der Waals surface area (Å²) < 4.78 is 7.34. The molecule has 0 spiro atoms. The molecule has 1 unspecified atom stereocenters. The van der Waals surface area contributed by atoms with Crippen molar-refractivity contribution in [1.29, 1.82) is 0 Å². The number of hydrogen-bond donors (Lipinski definition) is 0. The van der Waals surface area contributed by atoms with Gasteiger partial charge in [-0.3, -0.25) is 0 Å². The molecule has 9 heteroatoms. The zero-order valence-corrected chi connectivity index (χ0v) is 13.3. The summed E-state index contributed by atoms with van der Waals surface area (Å²) >= 11 is 5.91. The molecule has 0 aliphatic heterocycles. The predicted molar refractivity (Wildman–Crippen MR) is 82.7 cm³/mol. The van der Waals surface area contributed by atoms with E-state index in [4.69, 9.17) is 16.3 Å². The van der Waals surface area contributed by atoms with Crippen LogP contribution in [0.25, 0.3) is 0 Å². The van der Waals surface area contributed by atoms with Crippen LogP contribution in [0.15, 0.2) is 30.6 Å². The molecule has 1 aromatic carbocycles. The van der Waals surface area contributed by atoms with Crippen molar-refractivity contribution >= 4 is 11.6 Å². The van der Waals surface area contributed by atoms with E-state index in [0.717, 1.165) is 18.4 Å². The molecule has 124 valence electrons. The summed E-state index contributed by atoms with van der Waals surface area (Å²) in [5, 5.41) is 13.9. The Morgan fingerprint density at radius 3 is 2.78 bits per heavy atom. The first-order valence-corrected chi connectivity index (χ1v) is 7.55. The number of ether oxygens (including phenoxy) is 1. The summed E-state index contributed by atoms with van der Waals surface area (Å²) in [6, 6.07) is 7.03. The highest BCUT2D eigenvalue weighted by Crippen LogP contribution is 2.22. The van der Waals surface area contributed by atoms with Crippen LogP contribution in [0.1, 0.15) is 31.4 Å². The Hall–Kier alpha value is -2.19. The van der Waals surface area contributed by atoms with E-state index in [1.165, 1.54) is 11.0 Å². The molecule has 0 saturated carbocycles. The summed E-state index contributed by atoms with van der Waals surface area (Å²) in [5.41, 5.74) is 0.942. The number of benzene rings is 1. The third-order valence-corrected chi connectivity index (χ3v) is 3.34. The third kappa shape index (κ3) is 5.50. The lowest BCUT2D eigenvalue weighted by Gasteiger charge is -2.18. The average molecular weight is 341 g/mol. The van der Waals surface area contributed by atoms with Gasteiger partial charge in [0.05, 0.1) is 6.54 Å². The first-order chi connectivity index (χ1) is 11.1. The van der Waals surface area contributed by atoms with Gasteiger partial charge in [0.15, 0.2) is 0 Å². The predicted octanol–water partition coefficient (Wildman–Crippen LogP) is 3.06. The van der Waals surface area contributed by atoms with Gasteiger partial charge in [-0.15, -0.1) is 15.2 Å². The molecule has 0 bridgehead atoms. The Labute approximate surface area is 138 Å². The van der Waals surface area contributed by atoms with Crippen LogP contribution in [0.3, 0.4) is 0 Å². The average Bonchev–Trinajstić information content (AvgIpc) is 2.93. The van der Waals surface area contributed by atoms with Gasteiger partial charge in [0.1, 0.15) is 12.4 Å². The molecule has 0 N–H and O–H groups in total. The van der Waals surface area contributed by atoms with Crippen LogP contribution in [0.5, 0.6) is 6.01 Å². The molecule has 0 radical (unpaired) electrons. The largest absolute Gasteiger partial charge is 0.372 e. The lowest BCUT2D eigenvalue weighted by atomic mass is 10.1. The fourth-order valence-electron chi connectivity index (χ4n) is 1.95. The van der Waals surface area contributed by atoms with Gasteiger partial charge in [-0.2, -0.15) is 4.98 Å². The highest BCUT2D eigenvalue weighted by molar-refractivity contribution is 6.30. The van der Waals surface area contributed by atoms with Crippen molar-refractivity contribution in [3.8, 4) is 6.01 Å². The highest BCUT2D eigenvalue weighted by atomic mass is 35.5. The summed E-state index contributed by atoms with van der Waals surface area (Å²) in [4.78, 5) is 18.2. The minimum absolute atomic E-state index is 0.260. The van der Waals surface area contributed by atoms with Crippen LogP contribution in [0.4, 0.5) is 0 Å². The lowest BCUT2D eigenvalue weighted by molar-refractivity contribution is -0.713. The lowest BCUT2D eigenvalue weighted by Crippen LogP contribution is -2.14. The van der Waals surface area contributed by atoms with E-state index in [0.29, 0.717) is 18.2 Å². The van der Waals surface area contributed by atoms with Gasteiger partial charge in [-0.25, -0.2) is 9.52 Å². The molecule has 0 aliphatic rings. The van der Waals surface area contributed by atoms with Crippen molar-refractivity contribution in [1.82, 2.24) is 14.8 Å². The number of unbranched alkanes of at least 4 members (excludes halogenated alkanes) is 1. The van der Waals surface area contributed by atoms with Gasteiger partial charge < -0.3 is 4.74 Å². The summed E-state index contributed by atoms with van der Waals surface area (Å²) in [5.74, 6) is 0. The monoisotopic (exact) mass is 340 g/mol. The molecule has 0 aliphatic carbocycles. The van der Waals surface area contributed by atoms with E-state index in [2.05, 4.69) is 21.8 Å². The van der Waals surface area contributed by atoms with Crippen LogP contribution in [0, 0.1) is 10.1 Å².